The first-order valence-corrected chi connectivity index (χ1v) is 10.9. The van der Waals surface area contributed by atoms with Crippen molar-refractivity contribution in [3.8, 4) is 0 Å². The first-order valence-electron chi connectivity index (χ1n) is 10.9. The lowest BCUT2D eigenvalue weighted by atomic mass is 9.86. The second kappa shape index (κ2) is 12.6. The highest BCUT2D eigenvalue weighted by Crippen LogP contribution is 2.21. The summed E-state index contributed by atoms with van der Waals surface area (Å²) in [6.07, 6.45) is -5.03. The van der Waals surface area contributed by atoms with Crippen molar-refractivity contribution < 1.29 is 42.6 Å². The van der Waals surface area contributed by atoms with E-state index in [4.69, 9.17) is 9.84 Å². The highest BCUT2D eigenvalue weighted by Gasteiger charge is 2.37. The Kier molecular flexibility index (Phi) is 11.6. The first-order chi connectivity index (χ1) is 15.2. The summed E-state index contributed by atoms with van der Waals surface area (Å²) in [5, 5.41) is 15.8. The van der Waals surface area contributed by atoms with Crippen molar-refractivity contribution in [2.45, 2.75) is 98.4 Å². The molecule has 12 heteroatoms. The van der Waals surface area contributed by atoms with E-state index in [-0.39, 0.29) is 12.3 Å². The molecule has 3 amide bonds. The van der Waals surface area contributed by atoms with Crippen LogP contribution in [0.15, 0.2) is 0 Å². The minimum absolute atomic E-state index is 0.0591. The second-order valence-electron chi connectivity index (χ2n) is 10.5. The second-order valence-corrected chi connectivity index (χ2v) is 10.5. The number of ether oxygens (including phenoxy) is 1. The summed E-state index contributed by atoms with van der Waals surface area (Å²) in [4.78, 5) is 60.8. The van der Waals surface area contributed by atoms with E-state index in [0.29, 0.717) is 0 Å². The van der Waals surface area contributed by atoms with Gasteiger partial charge in [-0.3, -0.25) is 14.4 Å². The molecule has 0 saturated carbocycles. The number of aliphatic carboxylic acids is 1. The van der Waals surface area contributed by atoms with Crippen LogP contribution >= 0.6 is 0 Å². The van der Waals surface area contributed by atoms with Crippen LogP contribution in [0.1, 0.15) is 68.2 Å². The monoisotopic (exact) mass is 493 g/mol. The number of alkyl carbamates (subject to hydrolysis) is 1. The Morgan fingerprint density at radius 1 is 0.824 bits per heavy atom. The first kappa shape index (κ1) is 31.2. The molecule has 0 aliphatic carbocycles. The molecule has 3 atom stereocenters. The van der Waals surface area contributed by atoms with Crippen LogP contribution in [0.5, 0.6) is 0 Å². The van der Waals surface area contributed by atoms with Crippen molar-refractivity contribution in [1.29, 1.82) is 0 Å². The molecule has 0 fully saturated rings. The predicted octanol–water partition coefficient (Wildman–Crippen LogP) is 2.25. The smallest absolute Gasteiger partial charge is 0.408 e. The van der Waals surface area contributed by atoms with Crippen LogP contribution in [-0.4, -0.2) is 64.9 Å². The van der Waals surface area contributed by atoms with E-state index in [1.54, 1.807) is 55.4 Å². The lowest BCUT2D eigenvalue weighted by Crippen LogP contribution is -2.59. The normalized spacial score (nSPS) is 14.7. The number of rotatable bonds is 11. The third kappa shape index (κ3) is 11.9. The number of ketones is 1. The van der Waals surface area contributed by atoms with Crippen molar-refractivity contribution in [3.05, 3.63) is 0 Å². The van der Waals surface area contributed by atoms with Gasteiger partial charge < -0.3 is 25.8 Å². The van der Waals surface area contributed by atoms with Gasteiger partial charge in [-0.05, 0) is 38.5 Å². The molecule has 4 N–H and O–H groups in total. The number of amides is 3. The Labute approximate surface area is 198 Å². The molecule has 0 aliphatic rings. The highest BCUT2D eigenvalue weighted by atomic mass is 19.3. The number of nitrogens with one attached hydrogen (secondary N) is 3. The Morgan fingerprint density at radius 3 is 1.71 bits per heavy atom. The van der Waals surface area contributed by atoms with Gasteiger partial charge in [0.05, 0.1) is 0 Å². The third-order valence-electron chi connectivity index (χ3n) is 4.39. The van der Waals surface area contributed by atoms with Gasteiger partial charge in [0.15, 0.2) is 0 Å². The molecule has 0 aromatic rings. The summed E-state index contributed by atoms with van der Waals surface area (Å²) < 4.78 is 30.9. The highest BCUT2D eigenvalue weighted by molar-refractivity contribution is 6.35. The minimum Gasteiger partial charge on any atom is -0.475 e. The van der Waals surface area contributed by atoms with Crippen LogP contribution in [-0.2, 0) is 23.9 Å². The summed E-state index contributed by atoms with van der Waals surface area (Å²) in [6, 6.07) is -4.38. The maximum atomic E-state index is 13.1. The largest absolute Gasteiger partial charge is 0.475 e. The fourth-order valence-corrected chi connectivity index (χ4v) is 2.89. The Balaban J connectivity index is 5.74. The van der Waals surface area contributed by atoms with E-state index < -0.39 is 71.6 Å². The number of carboxylic acids is 1. The maximum Gasteiger partial charge on any atom is 0.408 e. The molecule has 0 aromatic heterocycles. The van der Waals surface area contributed by atoms with Crippen molar-refractivity contribution in [2.75, 3.05) is 0 Å². The standard InChI is InChI=1S/C22H37F2N3O7/c1-11(2)9-13(17(29)25-12(10-14(23)24)15(28)19(31)32)26-18(30)16(21(3,4)5)27-20(33)34-22(6,7)8/h11-14,16H,9-10H2,1-8H3,(H,25,29)(H,26,30)(H,27,33)(H,31,32)/t12?,13-,16+/m0/s1. The molecule has 0 radical (unpaired) electrons. The average Bonchev–Trinajstić information content (AvgIpc) is 2.60. The lowest BCUT2D eigenvalue weighted by molar-refractivity contribution is -0.151. The Morgan fingerprint density at radius 2 is 1.32 bits per heavy atom. The molecule has 0 saturated heterocycles. The molecule has 0 aromatic carbocycles. The van der Waals surface area contributed by atoms with Gasteiger partial charge in [-0.2, -0.15) is 0 Å². The molecule has 34 heavy (non-hydrogen) atoms. The van der Waals surface area contributed by atoms with E-state index >= 15 is 0 Å². The number of Topliss-reactive ketones (excluding diaryl/α,β-unsaturated/α-hetero) is 1. The van der Waals surface area contributed by atoms with Crippen molar-refractivity contribution in [3.63, 3.8) is 0 Å². The molecule has 0 spiro atoms. The summed E-state index contributed by atoms with van der Waals surface area (Å²) in [7, 11) is 0. The quantitative estimate of drug-likeness (QED) is 0.322. The number of carboxylic acid groups (broad SMARTS) is 1. The van der Waals surface area contributed by atoms with Gasteiger partial charge in [0.1, 0.15) is 23.7 Å². The van der Waals surface area contributed by atoms with E-state index in [1.807, 2.05) is 5.32 Å². The van der Waals surface area contributed by atoms with Crippen molar-refractivity contribution in [2.24, 2.45) is 11.3 Å². The van der Waals surface area contributed by atoms with E-state index in [2.05, 4.69) is 10.6 Å². The number of alkyl halides is 2. The molecule has 0 bridgehead atoms. The van der Waals surface area contributed by atoms with Gasteiger partial charge in [-0.1, -0.05) is 34.6 Å². The van der Waals surface area contributed by atoms with Gasteiger partial charge in [-0.15, -0.1) is 0 Å². The number of hydrogen-bond acceptors (Lipinski definition) is 6. The molecular formula is C22H37F2N3O7. The topological polar surface area (TPSA) is 151 Å². The fraction of sp³-hybridized carbons (Fsp3) is 0.773. The van der Waals surface area contributed by atoms with Crippen LogP contribution in [0, 0.1) is 11.3 Å². The zero-order valence-electron chi connectivity index (χ0n) is 21.0. The van der Waals surface area contributed by atoms with Crippen LogP contribution in [0.25, 0.3) is 0 Å². The van der Waals surface area contributed by atoms with Crippen LogP contribution < -0.4 is 16.0 Å². The number of hydrogen-bond donors (Lipinski definition) is 4. The van der Waals surface area contributed by atoms with E-state index in [0.717, 1.165) is 0 Å². The Hall–Kier alpha value is -2.79. The lowest BCUT2D eigenvalue weighted by Gasteiger charge is -2.33. The summed E-state index contributed by atoms with van der Waals surface area (Å²) in [6.45, 7) is 13.5. The third-order valence-corrected chi connectivity index (χ3v) is 4.39. The number of carbonyl (C=O) groups is 5. The molecular weight excluding hydrogens is 456 g/mol. The molecule has 10 nitrogen and oxygen atoms in total. The number of halogens is 2. The molecule has 0 aliphatic heterocycles. The SMILES string of the molecule is CC(C)C[C@H](NC(=O)[C@@H](NC(=O)OC(C)(C)C)C(C)(C)C)C(=O)NC(CC(F)F)C(=O)C(=O)O. The molecule has 0 heterocycles. The zero-order chi connectivity index (χ0) is 27.0. The number of carbonyl (C=O) groups excluding carboxylic acids is 4. The summed E-state index contributed by atoms with van der Waals surface area (Å²) >= 11 is 0. The Bertz CT molecular complexity index is 759. The van der Waals surface area contributed by atoms with Crippen LogP contribution in [0.4, 0.5) is 13.6 Å². The van der Waals surface area contributed by atoms with Gasteiger partial charge in [-0.25, -0.2) is 18.4 Å². The van der Waals surface area contributed by atoms with Crippen LogP contribution in [0.2, 0.25) is 0 Å². The zero-order valence-corrected chi connectivity index (χ0v) is 21.0. The van der Waals surface area contributed by atoms with E-state index in [1.165, 1.54) is 0 Å². The predicted molar refractivity (Wildman–Crippen MR) is 119 cm³/mol. The maximum absolute atomic E-state index is 13.1. The molecule has 0 rings (SSSR count). The van der Waals surface area contributed by atoms with Crippen LogP contribution in [0.3, 0.4) is 0 Å². The molecule has 1 unspecified atom stereocenters. The van der Waals surface area contributed by atoms with E-state index in [9.17, 15) is 32.8 Å². The van der Waals surface area contributed by atoms with Crippen molar-refractivity contribution >= 4 is 29.7 Å². The summed E-state index contributed by atoms with van der Waals surface area (Å²) in [5.41, 5.74) is -1.63. The fourth-order valence-electron chi connectivity index (χ4n) is 2.89. The van der Waals surface area contributed by atoms with Crippen molar-refractivity contribution in [1.82, 2.24) is 16.0 Å². The summed E-state index contributed by atoms with van der Waals surface area (Å²) in [5.74, 6) is -5.44. The average molecular weight is 494 g/mol. The van der Waals surface area contributed by atoms with Gasteiger partial charge in [0.25, 0.3) is 5.78 Å². The van der Waals surface area contributed by atoms with Gasteiger partial charge >= 0.3 is 12.1 Å². The minimum atomic E-state index is -3.05. The molecule has 196 valence electrons. The van der Waals surface area contributed by atoms with Gasteiger partial charge in [0, 0.05) is 6.42 Å². The van der Waals surface area contributed by atoms with Gasteiger partial charge in [0.2, 0.25) is 18.2 Å².